The van der Waals surface area contributed by atoms with Gasteiger partial charge in [-0.15, -0.1) is 0 Å². The third-order valence-corrected chi connectivity index (χ3v) is 19.4. The summed E-state index contributed by atoms with van der Waals surface area (Å²) < 4.78 is 83.5. The first-order valence-electron chi connectivity index (χ1n) is 28.1. The van der Waals surface area contributed by atoms with Crippen molar-refractivity contribution in [1.29, 1.82) is 5.26 Å². The van der Waals surface area contributed by atoms with Gasteiger partial charge in [0.05, 0.1) is 49.3 Å². The van der Waals surface area contributed by atoms with E-state index in [9.17, 15) is 22.1 Å². The Bertz CT molecular complexity index is 3580. The highest BCUT2D eigenvalue weighted by molar-refractivity contribution is 7.89. The number of nitriles is 1. The zero-order valence-electron chi connectivity index (χ0n) is 47.6. The summed E-state index contributed by atoms with van der Waals surface area (Å²) in [5, 5.41) is 10.8. The van der Waals surface area contributed by atoms with Crippen molar-refractivity contribution in [3.8, 4) is 6.07 Å². The number of likely N-dealkylation sites (N-methyl/N-ethyl adjacent to an activating group) is 2. The molecule has 2 aliphatic rings. The maximum atomic E-state index is 13.5. The Hall–Kier alpha value is -6.53. The number of aromatic nitrogens is 2. The first-order chi connectivity index (χ1) is 39.7. The number of ether oxygens (including phenoxy) is 4. The molecule has 15 nitrogen and oxygen atoms in total. The topological polar surface area (TPSA) is 152 Å². The molecule has 82 heavy (non-hydrogen) atoms. The molecule has 2 aromatic heterocycles. The third-order valence-electron chi connectivity index (χ3n) is 15.7. The van der Waals surface area contributed by atoms with E-state index < -0.39 is 25.3 Å². The fraction of sp³-hybridized carbons (Fsp3) is 0.369. The second kappa shape index (κ2) is 28.6. The number of likely N-dealkylation sites (tertiary alicyclic amines) is 2. The average molecular weight is 1150 g/mol. The van der Waals surface area contributed by atoms with Crippen LogP contribution in [-0.2, 0) is 97.5 Å². The minimum absolute atomic E-state index is 0.00780. The summed E-state index contributed by atoms with van der Waals surface area (Å²) in [6.07, 6.45) is 10.8. The lowest BCUT2D eigenvalue weighted by molar-refractivity contribution is 0.0666. The molecule has 8 aromatic rings. The number of fused-ring (bicyclic) bond motifs is 2. The largest absolute Gasteiger partial charge is 0.360 e. The Balaban J connectivity index is 0.000000198. The Labute approximate surface area is 484 Å². The minimum atomic E-state index is -4.00. The van der Waals surface area contributed by atoms with Crippen molar-refractivity contribution < 1.29 is 35.8 Å². The van der Waals surface area contributed by atoms with Crippen molar-refractivity contribution in [1.82, 2.24) is 27.5 Å². The molecule has 0 spiro atoms. The smallest absolute Gasteiger partial charge is 0.236 e. The van der Waals surface area contributed by atoms with Gasteiger partial charge in [-0.3, -0.25) is 0 Å². The summed E-state index contributed by atoms with van der Waals surface area (Å²) in [6.45, 7) is 4.53. The van der Waals surface area contributed by atoms with E-state index in [1.165, 1.54) is 36.2 Å². The first-order valence-corrected chi connectivity index (χ1v) is 31.2. The molecule has 17 heteroatoms. The zero-order valence-corrected chi connectivity index (χ0v) is 49.3. The van der Waals surface area contributed by atoms with Gasteiger partial charge in [0.2, 0.25) is 20.0 Å². The van der Waals surface area contributed by atoms with Crippen LogP contribution in [0.3, 0.4) is 0 Å². The molecule has 4 heterocycles. The van der Waals surface area contributed by atoms with Gasteiger partial charge >= 0.3 is 0 Å². The molecule has 2 aliphatic heterocycles. The Morgan fingerprint density at radius 1 is 0.537 bits per heavy atom. The molecule has 0 aliphatic carbocycles. The number of hydrogen-bond acceptors (Lipinski definition) is 11. The number of hydrogen-bond donors (Lipinski definition) is 0. The molecule has 0 amide bonds. The van der Waals surface area contributed by atoms with Crippen LogP contribution < -0.4 is 0 Å². The van der Waals surface area contributed by atoms with Gasteiger partial charge in [0.25, 0.3) is 0 Å². The molecule has 3 atom stereocenters. The lowest BCUT2D eigenvalue weighted by Crippen LogP contribution is -2.33. The predicted octanol–water partition coefficient (Wildman–Crippen LogP) is 10.8. The second-order valence-electron chi connectivity index (χ2n) is 21.7. The third kappa shape index (κ3) is 15.8. The van der Waals surface area contributed by atoms with Crippen molar-refractivity contribution >= 4 is 41.9 Å². The fourth-order valence-electron chi connectivity index (χ4n) is 11.0. The van der Waals surface area contributed by atoms with Gasteiger partial charge < -0.3 is 37.9 Å². The van der Waals surface area contributed by atoms with Crippen molar-refractivity contribution in [2.75, 3.05) is 54.7 Å². The van der Waals surface area contributed by atoms with Gasteiger partial charge in [-0.25, -0.2) is 16.8 Å². The van der Waals surface area contributed by atoms with Crippen molar-refractivity contribution in [3.05, 3.63) is 215 Å². The van der Waals surface area contributed by atoms with Gasteiger partial charge in [0.15, 0.2) is 5.25 Å². The van der Waals surface area contributed by atoms with Crippen LogP contribution in [0.25, 0.3) is 21.8 Å². The van der Waals surface area contributed by atoms with Crippen molar-refractivity contribution in [2.45, 2.75) is 102 Å². The van der Waals surface area contributed by atoms with E-state index in [-0.39, 0.29) is 25.8 Å². The average Bonchev–Trinajstić information content (AvgIpc) is 4.44. The highest BCUT2D eigenvalue weighted by Crippen LogP contribution is 2.33. The number of sulfonamides is 2. The molecular weight excluding hydrogens is 1070 g/mol. The van der Waals surface area contributed by atoms with Crippen LogP contribution in [0.4, 0.5) is 0 Å². The van der Waals surface area contributed by atoms with E-state index in [2.05, 4.69) is 57.6 Å². The molecule has 0 saturated carbocycles. The lowest BCUT2D eigenvalue weighted by atomic mass is 10.0. The Kier molecular flexibility index (Phi) is 21.0. The van der Waals surface area contributed by atoms with Crippen LogP contribution in [-0.4, -0.2) is 111 Å². The van der Waals surface area contributed by atoms with Crippen LogP contribution in [0.2, 0.25) is 0 Å². The molecule has 432 valence electrons. The molecule has 6 aromatic carbocycles. The SMILES string of the molecule is CN1CCC[C@@H]1Cc1cn(COCc2ccccc2)c2ccc(C(C#N)S(=O)(=O)N(C)COCc3ccccc3)cc12.CN1CCC[C@@H]1Cc1cn(COCc2ccccc2)c2ccc(CS(=O)(=O)N(C)COCc3ccccc3)cc12. The molecule has 0 radical (unpaired) electrons. The first kappa shape index (κ1) is 60.1. The molecule has 2 saturated heterocycles. The lowest BCUT2D eigenvalue weighted by Gasteiger charge is -2.21. The minimum Gasteiger partial charge on any atom is -0.360 e. The molecule has 2 fully saturated rings. The molecule has 10 rings (SSSR count). The van der Waals surface area contributed by atoms with Gasteiger partial charge in [0.1, 0.15) is 26.9 Å². The van der Waals surface area contributed by atoms with E-state index in [1.807, 2.05) is 146 Å². The number of rotatable bonds is 26. The van der Waals surface area contributed by atoms with Crippen LogP contribution in [0, 0.1) is 11.3 Å². The molecule has 1 unspecified atom stereocenters. The summed E-state index contributed by atoms with van der Waals surface area (Å²) in [5.74, 6) is -0.0768. The summed E-state index contributed by atoms with van der Waals surface area (Å²) in [7, 11) is -0.192. The summed E-state index contributed by atoms with van der Waals surface area (Å²) in [4.78, 5) is 4.81. The number of nitrogens with zero attached hydrogens (tertiary/aromatic N) is 7. The normalized spacial score (nSPS) is 16.5. The molecular formula is C65H77N7O8S2. The summed E-state index contributed by atoms with van der Waals surface area (Å²) in [5.41, 5.74) is 9.79. The van der Waals surface area contributed by atoms with Gasteiger partial charge in [-0.1, -0.05) is 133 Å². The van der Waals surface area contributed by atoms with Crippen molar-refractivity contribution in [3.63, 3.8) is 0 Å². The van der Waals surface area contributed by atoms with E-state index in [0.29, 0.717) is 50.9 Å². The Morgan fingerprint density at radius 3 is 1.38 bits per heavy atom. The highest BCUT2D eigenvalue weighted by Gasteiger charge is 2.33. The highest BCUT2D eigenvalue weighted by atomic mass is 32.2. The van der Waals surface area contributed by atoms with E-state index >= 15 is 0 Å². The second-order valence-corrected chi connectivity index (χ2v) is 25.9. The maximum absolute atomic E-state index is 13.5. The zero-order chi connectivity index (χ0) is 57.5. The van der Waals surface area contributed by atoms with Crippen LogP contribution >= 0.6 is 0 Å². The maximum Gasteiger partial charge on any atom is 0.236 e. The molecule has 0 bridgehead atoms. The standard InChI is InChI=1S/C33H38N4O4S.C32H39N3O4S/c1-35-17-9-14-30(35)18-29-21-37(25-41-23-27-12-7-4-8-13-27)32-16-15-28(19-31(29)32)33(20-34)42(38,39)36(2)24-40-22-26-10-5-3-6-11-26;1-33-17-9-14-30(33)19-29-20-35(25-39-22-27-12-7-4-8-13-27)32-16-15-28(18-31(29)32)23-40(36,37)34(2)24-38-21-26-10-5-3-6-11-26/h3-8,10-13,15-16,19,21,30,33H,9,14,17-18,22-25H2,1-2H3;3-8,10-13,15-16,18,20,30H,9,14,17,19,21-25H2,1-2H3/t30-,33?;30-/m11/s1. The van der Waals surface area contributed by atoms with E-state index in [4.69, 9.17) is 18.9 Å². The quantitative estimate of drug-likeness (QED) is 0.0476. The Morgan fingerprint density at radius 2 is 0.951 bits per heavy atom. The van der Waals surface area contributed by atoms with Gasteiger partial charge in [-0.2, -0.15) is 13.9 Å². The van der Waals surface area contributed by atoms with Crippen LogP contribution in [0.1, 0.15) is 75.4 Å². The number of benzene rings is 6. The summed E-state index contributed by atoms with van der Waals surface area (Å²) in [6, 6.07) is 54.0. The van der Waals surface area contributed by atoms with E-state index in [0.717, 1.165) is 91.8 Å². The molecule has 0 N–H and O–H groups in total. The monoisotopic (exact) mass is 1150 g/mol. The van der Waals surface area contributed by atoms with E-state index in [1.54, 1.807) is 13.1 Å². The fourth-order valence-corrected chi connectivity index (χ4v) is 13.2. The van der Waals surface area contributed by atoms with Crippen molar-refractivity contribution in [2.24, 2.45) is 0 Å². The van der Waals surface area contributed by atoms with Gasteiger partial charge in [-0.05, 0) is 134 Å². The summed E-state index contributed by atoms with van der Waals surface area (Å²) >= 11 is 0. The van der Waals surface area contributed by atoms with Crippen LogP contribution in [0.15, 0.2) is 170 Å². The van der Waals surface area contributed by atoms with Crippen LogP contribution in [0.5, 0.6) is 0 Å². The predicted molar refractivity (Wildman–Crippen MR) is 323 cm³/mol. The van der Waals surface area contributed by atoms with Gasteiger partial charge in [0, 0.05) is 49.3 Å².